The van der Waals surface area contributed by atoms with Crippen molar-refractivity contribution >= 4 is 23.6 Å². The van der Waals surface area contributed by atoms with Gasteiger partial charge in [-0.15, -0.1) is 11.8 Å². The highest BCUT2D eigenvalue weighted by molar-refractivity contribution is 7.98. The maximum absolute atomic E-state index is 12.4. The Kier molecular flexibility index (Phi) is 5.35. The van der Waals surface area contributed by atoms with Gasteiger partial charge in [0.2, 0.25) is 0 Å². The molecule has 0 aliphatic rings. The molecule has 0 spiro atoms. The molecule has 1 unspecified atom stereocenters. The Morgan fingerprint density at radius 1 is 1.16 bits per heavy atom. The first-order valence-corrected chi connectivity index (χ1v) is 9.07. The summed E-state index contributed by atoms with van der Waals surface area (Å²) in [5, 5.41) is 10.2. The minimum atomic E-state index is -0.300. The van der Waals surface area contributed by atoms with E-state index in [2.05, 4.69) is 20.7 Å². The Morgan fingerprint density at radius 3 is 2.60 bits per heavy atom. The second kappa shape index (κ2) is 7.85. The summed E-state index contributed by atoms with van der Waals surface area (Å²) >= 11 is 1.53. The number of para-hydroxylation sites is 1. The Morgan fingerprint density at radius 2 is 1.92 bits per heavy atom. The molecular formula is C18H19N5OS. The number of carbonyl (C=O) groups is 1. The highest BCUT2D eigenvalue weighted by Gasteiger charge is 2.16. The average molecular weight is 353 g/mol. The van der Waals surface area contributed by atoms with Gasteiger partial charge in [0.25, 0.3) is 0 Å². The quantitative estimate of drug-likeness (QED) is 0.683. The highest BCUT2D eigenvalue weighted by atomic mass is 32.2. The van der Waals surface area contributed by atoms with E-state index in [9.17, 15) is 4.79 Å². The molecular weight excluding hydrogens is 334 g/mol. The number of nitrogens with one attached hydrogen (secondary N) is 2. The van der Waals surface area contributed by atoms with Crippen LogP contribution in [0.3, 0.4) is 0 Å². The maximum atomic E-state index is 12.4. The van der Waals surface area contributed by atoms with Crippen molar-refractivity contribution in [2.24, 2.45) is 0 Å². The van der Waals surface area contributed by atoms with Crippen LogP contribution in [0.2, 0.25) is 0 Å². The van der Waals surface area contributed by atoms with Crippen LogP contribution in [0.4, 0.5) is 10.6 Å². The lowest BCUT2D eigenvalue weighted by Crippen LogP contribution is -2.32. The van der Waals surface area contributed by atoms with Crippen LogP contribution >= 0.6 is 11.8 Å². The van der Waals surface area contributed by atoms with Gasteiger partial charge in [-0.1, -0.05) is 24.3 Å². The molecule has 0 aliphatic heterocycles. The molecule has 2 N–H and O–H groups in total. The summed E-state index contributed by atoms with van der Waals surface area (Å²) in [6, 6.07) is 14.8. The van der Waals surface area contributed by atoms with Crippen molar-refractivity contribution in [1.82, 2.24) is 20.1 Å². The summed E-state index contributed by atoms with van der Waals surface area (Å²) < 4.78 is 1.72. The molecule has 0 saturated carbocycles. The summed E-state index contributed by atoms with van der Waals surface area (Å²) in [7, 11) is 0. The summed E-state index contributed by atoms with van der Waals surface area (Å²) in [5.74, 6) is 0.643. The van der Waals surface area contributed by atoms with Crippen LogP contribution in [0.15, 0.2) is 65.8 Å². The lowest BCUT2D eigenvalue weighted by atomic mass is 10.2. The molecule has 7 heteroatoms. The van der Waals surface area contributed by atoms with Crippen LogP contribution in [-0.4, -0.2) is 27.1 Å². The molecule has 0 radical (unpaired) electrons. The lowest BCUT2D eigenvalue weighted by Gasteiger charge is -2.15. The number of thioether (sulfide) groups is 1. The van der Waals surface area contributed by atoms with Crippen molar-refractivity contribution in [3.8, 4) is 5.69 Å². The van der Waals surface area contributed by atoms with Crippen LogP contribution in [0.5, 0.6) is 0 Å². The molecule has 1 atom stereocenters. The van der Waals surface area contributed by atoms with Crippen LogP contribution < -0.4 is 10.6 Å². The van der Waals surface area contributed by atoms with Gasteiger partial charge < -0.3 is 5.32 Å². The molecule has 0 bridgehead atoms. The van der Waals surface area contributed by atoms with E-state index in [0.29, 0.717) is 5.82 Å². The third kappa shape index (κ3) is 4.00. The fraction of sp³-hybridized carbons (Fsp3) is 0.167. The smallest absolute Gasteiger partial charge is 0.320 e. The number of aromatic nitrogens is 3. The van der Waals surface area contributed by atoms with Gasteiger partial charge in [-0.05, 0) is 37.4 Å². The number of nitrogens with zero attached hydrogens (tertiary/aromatic N) is 3. The van der Waals surface area contributed by atoms with Gasteiger partial charge in [-0.2, -0.15) is 5.10 Å². The number of pyridine rings is 1. The minimum absolute atomic E-state index is 0.202. The number of rotatable bonds is 5. The van der Waals surface area contributed by atoms with Crippen molar-refractivity contribution < 1.29 is 4.79 Å². The Balaban J connectivity index is 1.78. The van der Waals surface area contributed by atoms with E-state index in [1.807, 2.05) is 61.7 Å². The van der Waals surface area contributed by atoms with E-state index in [-0.39, 0.29) is 12.1 Å². The number of anilines is 1. The van der Waals surface area contributed by atoms with Crippen molar-refractivity contribution in [3.05, 3.63) is 66.6 Å². The average Bonchev–Trinajstić information content (AvgIpc) is 3.05. The van der Waals surface area contributed by atoms with Gasteiger partial charge in [-0.25, -0.2) is 9.48 Å². The van der Waals surface area contributed by atoms with Crippen LogP contribution in [0.25, 0.3) is 5.69 Å². The van der Waals surface area contributed by atoms with Gasteiger partial charge in [-0.3, -0.25) is 10.3 Å². The summed E-state index contributed by atoms with van der Waals surface area (Å²) in [6.45, 7) is 1.89. The third-order valence-electron chi connectivity index (χ3n) is 3.67. The molecule has 25 heavy (non-hydrogen) atoms. The van der Waals surface area contributed by atoms with E-state index >= 15 is 0 Å². The van der Waals surface area contributed by atoms with E-state index < -0.39 is 0 Å². The summed E-state index contributed by atoms with van der Waals surface area (Å²) in [4.78, 5) is 17.6. The molecule has 0 aliphatic carbocycles. The molecule has 1 aromatic carbocycles. The molecule has 6 nitrogen and oxygen atoms in total. The molecule has 2 amide bonds. The molecule has 3 aromatic rings. The number of amides is 2. The fourth-order valence-electron chi connectivity index (χ4n) is 2.41. The van der Waals surface area contributed by atoms with E-state index in [1.165, 1.54) is 11.8 Å². The molecule has 128 valence electrons. The summed E-state index contributed by atoms with van der Waals surface area (Å²) in [6.07, 6.45) is 5.41. The second-order valence-electron chi connectivity index (χ2n) is 5.38. The largest absolute Gasteiger partial charge is 0.330 e. The zero-order chi connectivity index (χ0) is 17.6. The standard InChI is InChI=1S/C18H19N5OS/c1-13(15-10-6-7-11-19-15)21-18(24)22-17-16(25-2)12-20-23(17)14-8-4-3-5-9-14/h3-13H,1-2H3,(H2,21,22,24). The first kappa shape index (κ1) is 17.0. The number of hydrogen-bond acceptors (Lipinski definition) is 4. The van der Waals surface area contributed by atoms with Gasteiger partial charge in [0.1, 0.15) is 0 Å². The van der Waals surface area contributed by atoms with Crippen molar-refractivity contribution in [3.63, 3.8) is 0 Å². The SMILES string of the molecule is CSc1cnn(-c2ccccc2)c1NC(=O)NC(C)c1ccccn1. The van der Waals surface area contributed by atoms with Gasteiger partial charge in [0.15, 0.2) is 5.82 Å². The molecule has 3 rings (SSSR count). The number of urea groups is 1. The first-order chi connectivity index (χ1) is 12.2. The lowest BCUT2D eigenvalue weighted by molar-refractivity contribution is 0.249. The Labute approximate surface area is 150 Å². The van der Waals surface area contributed by atoms with Crippen LogP contribution in [0, 0.1) is 0 Å². The zero-order valence-electron chi connectivity index (χ0n) is 14.0. The summed E-state index contributed by atoms with van der Waals surface area (Å²) in [5.41, 5.74) is 1.69. The molecule has 2 heterocycles. The molecule has 0 fully saturated rings. The monoisotopic (exact) mass is 353 g/mol. The second-order valence-corrected chi connectivity index (χ2v) is 6.23. The first-order valence-electron chi connectivity index (χ1n) is 7.85. The minimum Gasteiger partial charge on any atom is -0.330 e. The van der Waals surface area contributed by atoms with E-state index in [4.69, 9.17) is 0 Å². The van der Waals surface area contributed by atoms with Crippen molar-refractivity contribution in [2.45, 2.75) is 17.9 Å². The Bertz CT molecular complexity index is 835. The Hall–Kier alpha value is -2.80. The van der Waals surface area contributed by atoms with Crippen molar-refractivity contribution in [2.75, 3.05) is 11.6 Å². The highest BCUT2D eigenvalue weighted by Crippen LogP contribution is 2.27. The molecule has 2 aromatic heterocycles. The van der Waals surface area contributed by atoms with Gasteiger partial charge in [0.05, 0.1) is 28.5 Å². The number of carbonyl (C=O) groups excluding carboxylic acids is 1. The van der Waals surface area contributed by atoms with Gasteiger partial charge in [0, 0.05) is 6.20 Å². The van der Waals surface area contributed by atoms with Crippen LogP contribution in [-0.2, 0) is 0 Å². The predicted octanol–water partition coefficient (Wildman–Crippen LogP) is 3.87. The number of hydrogen-bond donors (Lipinski definition) is 2. The number of benzene rings is 1. The van der Waals surface area contributed by atoms with E-state index in [0.717, 1.165) is 16.3 Å². The normalized spacial score (nSPS) is 11.8. The molecule has 0 saturated heterocycles. The fourth-order valence-corrected chi connectivity index (χ4v) is 2.89. The predicted molar refractivity (Wildman–Crippen MR) is 100 cm³/mol. The maximum Gasteiger partial charge on any atom is 0.320 e. The topological polar surface area (TPSA) is 71.8 Å². The third-order valence-corrected chi connectivity index (χ3v) is 4.41. The zero-order valence-corrected chi connectivity index (χ0v) is 14.8. The van der Waals surface area contributed by atoms with E-state index in [1.54, 1.807) is 17.1 Å². The van der Waals surface area contributed by atoms with Crippen LogP contribution in [0.1, 0.15) is 18.7 Å². The van der Waals surface area contributed by atoms with Gasteiger partial charge >= 0.3 is 6.03 Å². The van der Waals surface area contributed by atoms with Crippen molar-refractivity contribution in [1.29, 1.82) is 0 Å².